The number of nitrogens with zero attached hydrogens (tertiary/aromatic N) is 2. The summed E-state index contributed by atoms with van der Waals surface area (Å²) in [6, 6.07) is 18.7. The van der Waals surface area contributed by atoms with E-state index < -0.39 is 0 Å². The fourth-order valence-corrected chi connectivity index (χ4v) is 3.10. The normalized spacial score (nSPS) is 10.4. The minimum Gasteiger partial charge on any atom is -0.496 e. The van der Waals surface area contributed by atoms with Crippen LogP contribution in [0.4, 0.5) is 5.69 Å². The second kappa shape index (κ2) is 11.0. The standard InChI is InChI=1S/C25H28N2O4/c1-4-17-30-20-12-14-21(15-13-20)31-25-22(10-8-16-26-25)27(24(28)5-2)18-19-9-6-7-11-23(19)29-3/h6-16H,4-5,17-18H2,1-3H3. The van der Waals surface area contributed by atoms with E-state index in [0.29, 0.717) is 36.9 Å². The van der Waals surface area contributed by atoms with Crippen molar-refractivity contribution in [3.8, 4) is 23.1 Å². The summed E-state index contributed by atoms with van der Waals surface area (Å²) in [4.78, 5) is 18.9. The molecule has 0 unspecified atom stereocenters. The Morgan fingerprint density at radius 2 is 1.71 bits per heavy atom. The van der Waals surface area contributed by atoms with Crippen molar-refractivity contribution >= 4 is 11.6 Å². The average Bonchev–Trinajstić information content (AvgIpc) is 2.82. The van der Waals surface area contributed by atoms with Gasteiger partial charge in [0.1, 0.15) is 22.9 Å². The number of ether oxygens (including phenoxy) is 3. The number of para-hydroxylation sites is 1. The molecule has 6 nitrogen and oxygen atoms in total. The number of rotatable bonds is 10. The van der Waals surface area contributed by atoms with Crippen LogP contribution in [0.25, 0.3) is 0 Å². The Kier molecular flexibility index (Phi) is 7.87. The number of carbonyl (C=O) groups is 1. The zero-order valence-electron chi connectivity index (χ0n) is 18.2. The topological polar surface area (TPSA) is 60.9 Å². The van der Waals surface area contributed by atoms with Gasteiger partial charge in [0, 0.05) is 18.2 Å². The van der Waals surface area contributed by atoms with Gasteiger partial charge >= 0.3 is 0 Å². The number of anilines is 1. The summed E-state index contributed by atoms with van der Waals surface area (Å²) in [5, 5.41) is 0. The molecule has 2 aromatic carbocycles. The molecule has 6 heteroatoms. The van der Waals surface area contributed by atoms with Crippen LogP contribution in [0.2, 0.25) is 0 Å². The molecule has 0 aliphatic rings. The number of carbonyl (C=O) groups excluding carboxylic acids is 1. The molecule has 0 spiro atoms. The van der Waals surface area contributed by atoms with Crippen LogP contribution in [0.1, 0.15) is 32.3 Å². The summed E-state index contributed by atoms with van der Waals surface area (Å²) >= 11 is 0. The summed E-state index contributed by atoms with van der Waals surface area (Å²) in [6.45, 7) is 4.92. The lowest BCUT2D eigenvalue weighted by atomic mass is 10.1. The third-order valence-electron chi connectivity index (χ3n) is 4.68. The van der Waals surface area contributed by atoms with Crippen LogP contribution in [0.5, 0.6) is 23.1 Å². The first kappa shape index (κ1) is 22.2. The van der Waals surface area contributed by atoms with Gasteiger partial charge in [-0.1, -0.05) is 32.0 Å². The average molecular weight is 421 g/mol. The quantitative estimate of drug-likeness (QED) is 0.426. The highest BCUT2D eigenvalue weighted by molar-refractivity contribution is 5.94. The second-order valence-electron chi connectivity index (χ2n) is 6.89. The molecule has 0 radical (unpaired) electrons. The van der Waals surface area contributed by atoms with Gasteiger partial charge in [-0.25, -0.2) is 4.98 Å². The number of aromatic nitrogens is 1. The number of benzene rings is 2. The zero-order valence-corrected chi connectivity index (χ0v) is 18.2. The van der Waals surface area contributed by atoms with Gasteiger partial charge in [0.15, 0.2) is 0 Å². The minimum atomic E-state index is -0.0351. The van der Waals surface area contributed by atoms with E-state index in [1.54, 1.807) is 24.3 Å². The van der Waals surface area contributed by atoms with E-state index in [2.05, 4.69) is 11.9 Å². The van der Waals surface area contributed by atoms with E-state index >= 15 is 0 Å². The smallest absolute Gasteiger partial charge is 0.243 e. The van der Waals surface area contributed by atoms with Gasteiger partial charge in [0.2, 0.25) is 11.8 Å². The minimum absolute atomic E-state index is 0.0351. The highest BCUT2D eigenvalue weighted by Crippen LogP contribution is 2.33. The van der Waals surface area contributed by atoms with Gasteiger partial charge in [-0.05, 0) is 48.9 Å². The molecule has 1 amide bonds. The highest BCUT2D eigenvalue weighted by atomic mass is 16.5. The third kappa shape index (κ3) is 5.75. The Morgan fingerprint density at radius 3 is 2.42 bits per heavy atom. The summed E-state index contributed by atoms with van der Waals surface area (Å²) in [6.07, 6.45) is 2.95. The van der Waals surface area contributed by atoms with E-state index in [0.717, 1.165) is 23.5 Å². The van der Waals surface area contributed by atoms with Crippen molar-refractivity contribution in [1.29, 1.82) is 0 Å². The Bertz CT molecular complexity index is 989. The maximum atomic E-state index is 12.9. The van der Waals surface area contributed by atoms with Gasteiger partial charge in [-0.2, -0.15) is 0 Å². The van der Waals surface area contributed by atoms with Crippen LogP contribution in [0.15, 0.2) is 66.9 Å². The first-order valence-electron chi connectivity index (χ1n) is 10.4. The molecule has 0 atom stereocenters. The van der Waals surface area contributed by atoms with E-state index in [4.69, 9.17) is 14.2 Å². The van der Waals surface area contributed by atoms with Crippen LogP contribution in [-0.4, -0.2) is 24.6 Å². The molecule has 3 rings (SSSR count). The van der Waals surface area contributed by atoms with Crippen LogP contribution in [0.3, 0.4) is 0 Å². The Hall–Kier alpha value is -3.54. The summed E-state index contributed by atoms with van der Waals surface area (Å²) < 4.78 is 17.1. The lowest BCUT2D eigenvalue weighted by Gasteiger charge is -2.25. The summed E-state index contributed by atoms with van der Waals surface area (Å²) in [7, 11) is 1.62. The first-order valence-corrected chi connectivity index (χ1v) is 10.4. The van der Waals surface area contributed by atoms with Gasteiger partial charge in [0.25, 0.3) is 0 Å². The summed E-state index contributed by atoms with van der Waals surface area (Å²) in [5.41, 5.74) is 1.51. The van der Waals surface area contributed by atoms with E-state index in [1.807, 2.05) is 61.5 Å². The molecular weight excluding hydrogens is 392 g/mol. The van der Waals surface area contributed by atoms with Crippen molar-refractivity contribution in [3.63, 3.8) is 0 Å². The SMILES string of the molecule is CCCOc1ccc(Oc2ncccc2N(Cc2ccccc2OC)C(=O)CC)cc1. The number of hydrogen-bond acceptors (Lipinski definition) is 5. The molecule has 31 heavy (non-hydrogen) atoms. The fourth-order valence-electron chi connectivity index (χ4n) is 3.10. The largest absolute Gasteiger partial charge is 0.496 e. The van der Waals surface area contributed by atoms with Crippen molar-refractivity contribution in [2.75, 3.05) is 18.6 Å². The van der Waals surface area contributed by atoms with E-state index in [1.165, 1.54) is 0 Å². The van der Waals surface area contributed by atoms with Crippen molar-refractivity contribution in [2.45, 2.75) is 33.2 Å². The van der Waals surface area contributed by atoms with Crippen LogP contribution >= 0.6 is 0 Å². The monoisotopic (exact) mass is 420 g/mol. The number of hydrogen-bond donors (Lipinski definition) is 0. The van der Waals surface area contributed by atoms with Crippen molar-refractivity contribution in [1.82, 2.24) is 4.98 Å². The van der Waals surface area contributed by atoms with Gasteiger partial charge < -0.3 is 19.1 Å². The first-order chi connectivity index (χ1) is 15.2. The molecule has 0 fully saturated rings. The molecule has 0 aliphatic heterocycles. The molecule has 0 bridgehead atoms. The fraction of sp³-hybridized carbons (Fsp3) is 0.280. The van der Waals surface area contributed by atoms with Crippen LogP contribution < -0.4 is 19.1 Å². The molecule has 3 aromatic rings. The molecule has 0 saturated carbocycles. The molecule has 0 N–H and O–H groups in total. The maximum Gasteiger partial charge on any atom is 0.243 e. The Labute approximate surface area is 183 Å². The Morgan fingerprint density at radius 1 is 0.968 bits per heavy atom. The lowest BCUT2D eigenvalue weighted by Crippen LogP contribution is -2.30. The predicted molar refractivity (Wildman–Crippen MR) is 121 cm³/mol. The molecule has 0 saturated heterocycles. The lowest BCUT2D eigenvalue weighted by molar-refractivity contribution is -0.118. The highest BCUT2D eigenvalue weighted by Gasteiger charge is 2.21. The van der Waals surface area contributed by atoms with Gasteiger partial charge in [-0.3, -0.25) is 4.79 Å². The van der Waals surface area contributed by atoms with Gasteiger partial charge in [-0.15, -0.1) is 0 Å². The second-order valence-corrected chi connectivity index (χ2v) is 6.89. The molecule has 1 heterocycles. The number of amides is 1. The van der Waals surface area contributed by atoms with Gasteiger partial charge in [0.05, 0.1) is 20.3 Å². The number of pyridine rings is 1. The zero-order chi connectivity index (χ0) is 22.1. The third-order valence-corrected chi connectivity index (χ3v) is 4.68. The number of methoxy groups -OCH3 is 1. The van der Waals surface area contributed by atoms with Crippen LogP contribution in [0, 0.1) is 0 Å². The predicted octanol–water partition coefficient (Wildman–Crippen LogP) is 5.61. The maximum absolute atomic E-state index is 12.9. The van der Waals surface area contributed by atoms with Crippen molar-refractivity contribution < 1.29 is 19.0 Å². The van der Waals surface area contributed by atoms with Crippen LogP contribution in [-0.2, 0) is 11.3 Å². The molecule has 162 valence electrons. The van der Waals surface area contributed by atoms with Crippen molar-refractivity contribution in [3.05, 3.63) is 72.4 Å². The Balaban J connectivity index is 1.88. The molecular formula is C25H28N2O4. The van der Waals surface area contributed by atoms with E-state index in [9.17, 15) is 4.79 Å². The van der Waals surface area contributed by atoms with E-state index in [-0.39, 0.29) is 5.91 Å². The molecule has 1 aromatic heterocycles. The summed E-state index contributed by atoms with van der Waals surface area (Å²) in [5.74, 6) is 2.46. The van der Waals surface area contributed by atoms with Crippen molar-refractivity contribution in [2.24, 2.45) is 0 Å². The molecule has 0 aliphatic carbocycles.